The first-order valence-corrected chi connectivity index (χ1v) is 11.3. The average molecular weight is 573 g/mol. The maximum absolute atomic E-state index is 12.6. The van der Waals surface area contributed by atoms with E-state index >= 15 is 0 Å². The molecular weight excluding hydrogens is 543 g/mol. The number of guanidine groups is 1. The van der Waals surface area contributed by atoms with Crippen LogP contribution in [0.4, 0.5) is 0 Å². The third-order valence-corrected chi connectivity index (χ3v) is 6.22. The predicted molar refractivity (Wildman–Crippen MR) is 135 cm³/mol. The van der Waals surface area contributed by atoms with Gasteiger partial charge in [-0.25, -0.2) is 0 Å². The van der Waals surface area contributed by atoms with Crippen molar-refractivity contribution in [2.45, 2.75) is 44.6 Å². The summed E-state index contributed by atoms with van der Waals surface area (Å²) in [5, 5.41) is 11.4. The molecule has 1 amide bonds. The van der Waals surface area contributed by atoms with Gasteiger partial charge in [-0.05, 0) is 43.5 Å². The van der Waals surface area contributed by atoms with Crippen LogP contribution in [0.5, 0.6) is 0 Å². The molecule has 0 radical (unpaired) electrons. The number of aromatic nitrogens is 2. The molecule has 2 aliphatic rings. The summed E-state index contributed by atoms with van der Waals surface area (Å²) in [6.45, 7) is 2.17. The third-order valence-electron chi connectivity index (χ3n) is 5.97. The van der Waals surface area contributed by atoms with E-state index in [0.29, 0.717) is 35.6 Å². The molecule has 1 saturated heterocycles. The predicted octanol–water partition coefficient (Wildman–Crippen LogP) is 3.51. The number of nitrogens with zero attached hydrogens (tertiary/aromatic N) is 4. The molecule has 1 aromatic heterocycles. The summed E-state index contributed by atoms with van der Waals surface area (Å²) in [4.78, 5) is 23.4. The largest absolute Gasteiger partial charge is 0.356 e. The average Bonchev–Trinajstić information content (AvgIpc) is 3.55. The molecule has 10 heteroatoms. The Balaban J connectivity index is 0.00000289. The highest BCUT2D eigenvalue weighted by molar-refractivity contribution is 14.0. The van der Waals surface area contributed by atoms with E-state index in [0.717, 1.165) is 43.9 Å². The molecule has 1 aliphatic carbocycles. The summed E-state index contributed by atoms with van der Waals surface area (Å²) in [6, 6.07) is 7.55. The van der Waals surface area contributed by atoms with Gasteiger partial charge in [0.1, 0.15) is 0 Å². The number of carbonyl (C=O) groups excluding carboxylic acids is 1. The maximum Gasteiger partial charge on any atom is 0.228 e. The van der Waals surface area contributed by atoms with Gasteiger partial charge in [-0.1, -0.05) is 29.6 Å². The van der Waals surface area contributed by atoms with Crippen LogP contribution in [0.15, 0.2) is 33.8 Å². The molecular formula is C22H30ClIN6O2. The molecule has 0 bridgehead atoms. The van der Waals surface area contributed by atoms with Gasteiger partial charge in [0, 0.05) is 55.6 Å². The summed E-state index contributed by atoms with van der Waals surface area (Å²) in [6.07, 6.45) is 5.98. The fraction of sp³-hybridized carbons (Fsp3) is 0.545. The first kappa shape index (κ1) is 24.8. The minimum atomic E-state index is 0. The van der Waals surface area contributed by atoms with E-state index in [2.05, 4.69) is 25.8 Å². The lowest BCUT2D eigenvalue weighted by Gasteiger charge is -2.21. The Bertz CT molecular complexity index is 913. The minimum Gasteiger partial charge on any atom is -0.356 e. The van der Waals surface area contributed by atoms with Crippen molar-refractivity contribution in [1.29, 1.82) is 0 Å². The highest BCUT2D eigenvalue weighted by Gasteiger charge is 2.32. The molecule has 4 rings (SSSR count). The van der Waals surface area contributed by atoms with E-state index in [1.807, 2.05) is 17.0 Å². The first-order valence-electron chi connectivity index (χ1n) is 11.0. The Morgan fingerprint density at radius 2 is 2.00 bits per heavy atom. The number of rotatable bonds is 6. The summed E-state index contributed by atoms with van der Waals surface area (Å²) >= 11 is 5.92. The monoisotopic (exact) mass is 572 g/mol. The lowest BCUT2D eigenvalue weighted by Crippen LogP contribution is -2.45. The molecule has 2 fully saturated rings. The summed E-state index contributed by atoms with van der Waals surface area (Å²) < 4.78 is 5.35. The highest BCUT2D eigenvalue weighted by Crippen LogP contribution is 2.27. The molecule has 174 valence electrons. The normalized spacial score (nSPS) is 19.1. The van der Waals surface area contributed by atoms with E-state index in [1.54, 1.807) is 19.2 Å². The summed E-state index contributed by atoms with van der Waals surface area (Å²) in [7, 11) is 1.75. The second-order valence-corrected chi connectivity index (χ2v) is 8.60. The lowest BCUT2D eigenvalue weighted by molar-refractivity contribution is -0.134. The smallest absolute Gasteiger partial charge is 0.228 e. The number of benzene rings is 1. The van der Waals surface area contributed by atoms with Crippen LogP contribution in [0.3, 0.4) is 0 Å². The van der Waals surface area contributed by atoms with Gasteiger partial charge in [-0.3, -0.25) is 9.79 Å². The molecule has 1 unspecified atom stereocenters. The first-order chi connectivity index (χ1) is 15.1. The van der Waals surface area contributed by atoms with Crippen molar-refractivity contribution < 1.29 is 9.32 Å². The number of carbonyl (C=O) groups is 1. The fourth-order valence-electron chi connectivity index (χ4n) is 4.26. The highest BCUT2D eigenvalue weighted by atomic mass is 127. The Kier molecular flexibility index (Phi) is 9.15. The summed E-state index contributed by atoms with van der Waals surface area (Å²) in [5.74, 6) is 2.40. The second kappa shape index (κ2) is 11.8. The topological polar surface area (TPSA) is 95.7 Å². The van der Waals surface area contributed by atoms with Crippen LogP contribution in [0, 0.1) is 5.92 Å². The Labute approximate surface area is 210 Å². The molecule has 1 aliphatic heterocycles. The zero-order valence-electron chi connectivity index (χ0n) is 18.2. The van der Waals surface area contributed by atoms with Gasteiger partial charge in [-0.15, -0.1) is 24.0 Å². The van der Waals surface area contributed by atoms with Crippen LogP contribution >= 0.6 is 35.6 Å². The number of amides is 1. The molecule has 2 heterocycles. The zero-order valence-corrected chi connectivity index (χ0v) is 21.3. The van der Waals surface area contributed by atoms with Crippen molar-refractivity contribution in [3.8, 4) is 11.4 Å². The minimum absolute atomic E-state index is 0. The molecule has 1 saturated carbocycles. The molecule has 1 atom stereocenters. The van der Waals surface area contributed by atoms with Crippen LogP contribution in [0.2, 0.25) is 5.02 Å². The number of nitrogens with one attached hydrogen (secondary N) is 2. The number of halogens is 2. The molecule has 2 N–H and O–H groups in total. The fourth-order valence-corrected chi connectivity index (χ4v) is 4.38. The van der Waals surface area contributed by atoms with Crippen LogP contribution in [0.1, 0.15) is 38.0 Å². The third kappa shape index (κ3) is 6.34. The zero-order chi connectivity index (χ0) is 21.6. The number of hydrogen-bond donors (Lipinski definition) is 2. The van der Waals surface area contributed by atoms with Gasteiger partial charge in [0.25, 0.3) is 0 Å². The molecule has 0 spiro atoms. The van der Waals surface area contributed by atoms with Crippen molar-refractivity contribution in [1.82, 2.24) is 25.7 Å². The van der Waals surface area contributed by atoms with E-state index < -0.39 is 0 Å². The SMILES string of the molecule is CN=C(NCCc1nc(-c2ccc(Cl)cc2)no1)NC1CCN(C(=O)C2CCCC2)C1.I. The van der Waals surface area contributed by atoms with E-state index in [4.69, 9.17) is 16.1 Å². The molecule has 1 aromatic carbocycles. The number of likely N-dealkylation sites (tertiary alicyclic amines) is 1. The van der Waals surface area contributed by atoms with Gasteiger partial charge in [0.2, 0.25) is 17.6 Å². The molecule has 2 aromatic rings. The van der Waals surface area contributed by atoms with E-state index in [-0.39, 0.29) is 35.9 Å². The van der Waals surface area contributed by atoms with Gasteiger partial charge >= 0.3 is 0 Å². The lowest BCUT2D eigenvalue weighted by atomic mass is 10.1. The quantitative estimate of drug-likeness (QED) is 0.313. The van der Waals surface area contributed by atoms with Gasteiger partial charge in [-0.2, -0.15) is 4.98 Å². The van der Waals surface area contributed by atoms with Gasteiger partial charge in [0.15, 0.2) is 5.96 Å². The standard InChI is InChI=1S/C22H29ClN6O2.HI/c1-24-22(26-18-11-13-29(14-18)21(30)16-4-2-3-5-16)25-12-10-19-27-20(28-31-19)15-6-8-17(23)9-7-15;/h6-9,16,18H,2-5,10-14H2,1H3,(H2,24,25,26);1H. The Hall–Kier alpha value is -1.88. The van der Waals surface area contributed by atoms with Crippen LogP contribution in [-0.4, -0.2) is 59.6 Å². The maximum atomic E-state index is 12.6. The van der Waals surface area contributed by atoms with E-state index in [1.165, 1.54) is 12.8 Å². The molecule has 8 nitrogen and oxygen atoms in total. The summed E-state index contributed by atoms with van der Waals surface area (Å²) in [5.41, 5.74) is 0.864. The Morgan fingerprint density at radius 3 is 2.72 bits per heavy atom. The van der Waals surface area contributed by atoms with Gasteiger partial charge in [0.05, 0.1) is 0 Å². The van der Waals surface area contributed by atoms with Crippen LogP contribution in [0.25, 0.3) is 11.4 Å². The van der Waals surface area contributed by atoms with Crippen molar-refractivity contribution >= 4 is 47.4 Å². The van der Waals surface area contributed by atoms with E-state index in [9.17, 15) is 4.79 Å². The van der Waals surface area contributed by atoms with Crippen LogP contribution < -0.4 is 10.6 Å². The molecule has 32 heavy (non-hydrogen) atoms. The van der Waals surface area contributed by atoms with Crippen molar-refractivity contribution in [2.75, 3.05) is 26.7 Å². The van der Waals surface area contributed by atoms with Crippen LogP contribution in [-0.2, 0) is 11.2 Å². The van der Waals surface area contributed by atoms with Crippen molar-refractivity contribution in [2.24, 2.45) is 10.9 Å². The van der Waals surface area contributed by atoms with Gasteiger partial charge < -0.3 is 20.1 Å². The van der Waals surface area contributed by atoms with Crippen molar-refractivity contribution in [3.63, 3.8) is 0 Å². The van der Waals surface area contributed by atoms with Crippen molar-refractivity contribution in [3.05, 3.63) is 35.2 Å². The number of aliphatic imine (C=N–C) groups is 1. The second-order valence-electron chi connectivity index (χ2n) is 8.16. The Morgan fingerprint density at radius 1 is 1.25 bits per heavy atom. The number of hydrogen-bond acceptors (Lipinski definition) is 5.